The molecule has 0 radical (unpaired) electrons. The molecule has 0 N–H and O–H groups in total. The van der Waals surface area contributed by atoms with Gasteiger partial charge in [0.05, 0.1) is 12.2 Å². The number of nitrogens with zero attached hydrogens (tertiary/aromatic N) is 4. The van der Waals surface area contributed by atoms with Gasteiger partial charge in [-0.15, -0.1) is 18.3 Å². The highest BCUT2D eigenvalue weighted by Gasteiger charge is 2.07. The van der Waals surface area contributed by atoms with Crippen molar-refractivity contribution in [3.8, 4) is 5.69 Å². The molecule has 0 spiro atoms. The van der Waals surface area contributed by atoms with Crippen LogP contribution in [0.15, 0.2) is 46.6 Å². The Labute approximate surface area is 103 Å². The third-order valence-electron chi connectivity index (χ3n) is 2.26. The van der Waals surface area contributed by atoms with Crippen LogP contribution < -0.4 is 5.69 Å². The largest absolute Gasteiger partial charge is 0.368 e. The quantitative estimate of drug-likeness (QED) is 0.605. The predicted octanol–water partition coefficient (Wildman–Crippen LogP) is 1.34. The molecule has 0 aliphatic rings. The number of benzene rings is 1. The second-order valence-corrected chi connectivity index (χ2v) is 4.22. The molecule has 0 atom stereocenters. The van der Waals surface area contributed by atoms with E-state index in [2.05, 4.69) is 17.0 Å². The number of hydrogen-bond acceptors (Lipinski definition) is 4. The maximum Gasteiger partial charge on any atom is 0.368 e. The van der Waals surface area contributed by atoms with Gasteiger partial charge in [0.25, 0.3) is 0 Å². The lowest BCUT2D eigenvalue weighted by Crippen LogP contribution is -2.23. The predicted molar refractivity (Wildman–Crippen MR) is 67.6 cm³/mol. The molecule has 0 unspecified atom stereocenters. The molecule has 17 heavy (non-hydrogen) atoms. The van der Waals surface area contributed by atoms with Crippen molar-refractivity contribution in [2.24, 2.45) is 0 Å². The lowest BCUT2D eigenvalue weighted by Gasteiger charge is -1.99. The van der Waals surface area contributed by atoms with Crippen molar-refractivity contribution < 1.29 is 0 Å². The number of allylic oxidation sites excluding steroid dienone is 1. The van der Waals surface area contributed by atoms with Gasteiger partial charge in [0.1, 0.15) is 0 Å². The third kappa shape index (κ3) is 2.31. The summed E-state index contributed by atoms with van der Waals surface area (Å²) in [5, 5.41) is 7.59. The molecule has 0 saturated heterocycles. The number of rotatable bonds is 4. The Kier molecular flexibility index (Phi) is 3.43. The zero-order chi connectivity index (χ0) is 12.3. The van der Waals surface area contributed by atoms with E-state index in [0.29, 0.717) is 12.2 Å². The van der Waals surface area contributed by atoms with Gasteiger partial charge in [-0.3, -0.25) is 0 Å². The van der Waals surface area contributed by atoms with Crippen LogP contribution in [0, 0.1) is 0 Å². The minimum Gasteiger partial charge on any atom is -0.244 e. The van der Waals surface area contributed by atoms with Crippen molar-refractivity contribution in [2.45, 2.75) is 11.4 Å². The van der Waals surface area contributed by atoms with E-state index < -0.39 is 0 Å². The van der Waals surface area contributed by atoms with Crippen molar-refractivity contribution in [1.82, 2.24) is 19.8 Å². The Bertz CT molecular complexity index is 570. The Balaban J connectivity index is 2.39. The molecular weight excluding hydrogens is 236 g/mol. The van der Waals surface area contributed by atoms with Crippen molar-refractivity contribution in [3.63, 3.8) is 0 Å². The molecule has 0 aliphatic carbocycles. The standard InChI is InChI=1S/C11H12N4OS/c1-3-8-14-11(16)15(13-12-14)9-4-6-10(17-2)7-5-9/h3-7H,1,8H2,2H3. The highest BCUT2D eigenvalue weighted by atomic mass is 32.2. The highest BCUT2D eigenvalue weighted by Crippen LogP contribution is 2.15. The van der Waals surface area contributed by atoms with Crippen molar-refractivity contribution in [1.29, 1.82) is 0 Å². The molecule has 1 aromatic heterocycles. The van der Waals surface area contributed by atoms with Crippen LogP contribution in [0.5, 0.6) is 0 Å². The fraction of sp³-hybridized carbons (Fsp3) is 0.182. The van der Waals surface area contributed by atoms with Gasteiger partial charge in [0.15, 0.2) is 0 Å². The molecule has 1 heterocycles. The first kappa shape index (κ1) is 11.7. The maximum absolute atomic E-state index is 11.9. The first-order valence-electron chi connectivity index (χ1n) is 5.04. The zero-order valence-electron chi connectivity index (χ0n) is 9.41. The molecule has 6 heteroatoms. The van der Waals surface area contributed by atoms with Crippen LogP contribution >= 0.6 is 11.8 Å². The lowest BCUT2D eigenvalue weighted by molar-refractivity contribution is 0.644. The van der Waals surface area contributed by atoms with Crippen LogP contribution in [0.2, 0.25) is 0 Å². The van der Waals surface area contributed by atoms with E-state index in [4.69, 9.17) is 0 Å². The average Bonchev–Trinajstić information content (AvgIpc) is 2.72. The minimum atomic E-state index is -0.262. The summed E-state index contributed by atoms with van der Waals surface area (Å²) in [4.78, 5) is 13.0. The third-order valence-corrected chi connectivity index (χ3v) is 3.00. The first-order chi connectivity index (χ1) is 8.26. The van der Waals surface area contributed by atoms with Crippen LogP contribution in [0.4, 0.5) is 0 Å². The van der Waals surface area contributed by atoms with E-state index in [-0.39, 0.29) is 5.69 Å². The van der Waals surface area contributed by atoms with Crippen LogP contribution in [-0.2, 0) is 6.54 Å². The van der Waals surface area contributed by atoms with Gasteiger partial charge in [-0.25, -0.2) is 4.79 Å². The van der Waals surface area contributed by atoms with E-state index >= 15 is 0 Å². The van der Waals surface area contributed by atoms with Gasteiger partial charge in [0, 0.05) is 4.90 Å². The highest BCUT2D eigenvalue weighted by molar-refractivity contribution is 7.98. The van der Waals surface area contributed by atoms with E-state index in [9.17, 15) is 4.79 Å². The summed E-state index contributed by atoms with van der Waals surface area (Å²) in [5.41, 5.74) is 0.449. The van der Waals surface area contributed by atoms with Crippen LogP contribution in [0.1, 0.15) is 0 Å². The van der Waals surface area contributed by atoms with Crippen molar-refractivity contribution >= 4 is 11.8 Å². The monoisotopic (exact) mass is 248 g/mol. The normalized spacial score (nSPS) is 10.4. The molecule has 1 aromatic carbocycles. The summed E-state index contributed by atoms with van der Waals surface area (Å²) in [5.74, 6) is 0. The van der Waals surface area contributed by atoms with E-state index in [1.54, 1.807) is 17.8 Å². The first-order valence-corrected chi connectivity index (χ1v) is 6.27. The van der Waals surface area contributed by atoms with Gasteiger partial charge in [-0.05, 0) is 40.9 Å². The van der Waals surface area contributed by atoms with Crippen molar-refractivity contribution in [2.75, 3.05) is 6.26 Å². The molecular formula is C11H12N4OS. The van der Waals surface area contributed by atoms with Gasteiger partial charge >= 0.3 is 5.69 Å². The number of aromatic nitrogens is 4. The minimum absolute atomic E-state index is 0.262. The maximum atomic E-state index is 11.9. The van der Waals surface area contributed by atoms with E-state index in [0.717, 1.165) is 4.90 Å². The van der Waals surface area contributed by atoms with Crippen molar-refractivity contribution in [3.05, 3.63) is 47.4 Å². The molecule has 5 nitrogen and oxygen atoms in total. The number of hydrogen-bond donors (Lipinski definition) is 0. The topological polar surface area (TPSA) is 52.7 Å². The molecule has 88 valence electrons. The Hall–Kier alpha value is -1.82. The molecule has 0 saturated carbocycles. The summed E-state index contributed by atoms with van der Waals surface area (Å²) < 4.78 is 2.53. The average molecular weight is 248 g/mol. The number of thioether (sulfide) groups is 1. The van der Waals surface area contributed by atoms with Crippen LogP contribution in [0.3, 0.4) is 0 Å². The van der Waals surface area contributed by atoms with E-state index in [1.807, 2.05) is 30.5 Å². The van der Waals surface area contributed by atoms with Gasteiger partial charge in [-0.1, -0.05) is 6.08 Å². The second-order valence-electron chi connectivity index (χ2n) is 3.34. The molecule has 0 fully saturated rings. The molecule has 2 aromatic rings. The smallest absolute Gasteiger partial charge is 0.244 e. The fourth-order valence-corrected chi connectivity index (χ4v) is 1.80. The van der Waals surface area contributed by atoms with Crippen LogP contribution in [-0.4, -0.2) is 26.0 Å². The Morgan fingerprint density at radius 1 is 1.35 bits per heavy atom. The van der Waals surface area contributed by atoms with E-state index in [1.165, 1.54) is 9.36 Å². The summed E-state index contributed by atoms with van der Waals surface area (Å²) >= 11 is 1.65. The molecule has 2 rings (SSSR count). The lowest BCUT2D eigenvalue weighted by atomic mass is 10.3. The summed E-state index contributed by atoms with van der Waals surface area (Å²) in [6.45, 7) is 3.93. The SMILES string of the molecule is C=CCn1nnn(-c2ccc(SC)cc2)c1=O. The fourth-order valence-electron chi connectivity index (χ4n) is 1.40. The summed E-state index contributed by atoms with van der Waals surface area (Å²) in [6.07, 6.45) is 3.61. The van der Waals surface area contributed by atoms with Crippen LogP contribution in [0.25, 0.3) is 5.69 Å². The zero-order valence-corrected chi connectivity index (χ0v) is 10.2. The second kappa shape index (κ2) is 5.01. The summed E-state index contributed by atoms with van der Waals surface area (Å²) in [7, 11) is 0. The molecule has 0 aliphatic heterocycles. The Morgan fingerprint density at radius 3 is 2.65 bits per heavy atom. The summed E-state index contributed by atoms with van der Waals surface area (Å²) in [6, 6.07) is 7.58. The van der Waals surface area contributed by atoms with Gasteiger partial charge in [0.2, 0.25) is 0 Å². The van der Waals surface area contributed by atoms with Gasteiger partial charge < -0.3 is 0 Å². The molecule has 0 bridgehead atoms. The number of tetrazole rings is 1. The Morgan fingerprint density at radius 2 is 2.06 bits per heavy atom. The van der Waals surface area contributed by atoms with Gasteiger partial charge in [-0.2, -0.15) is 9.36 Å². The molecule has 0 amide bonds.